The number of benzene rings is 7. The van der Waals surface area contributed by atoms with Crippen LogP contribution in [0.4, 0.5) is 0 Å². The van der Waals surface area contributed by atoms with Gasteiger partial charge in [-0.25, -0.2) is 0 Å². The minimum absolute atomic E-state index is 0.0274. The van der Waals surface area contributed by atoms with Gasteiger partial charge in [0.25, 0.3) is 0 Å². The minimum Gasteiger partial charge on any atom is -0.309 e. The van der Waals surface area contributed by atoms with Gasteiger partial charge in [-0.2, -0.15) is 0 Å². The van der Waals surface area contributed by atoms with E-state index in [9.17, 15) is 0 Å². The summed E-state index contributed by atoms with van der Waals surface area (Å²) in [5.74, 6) is 0. The van der Waals surface area contributed by atoms with Crippen LogP contribution in [0.2, 0.25) is 5.54 Å². The number of para-hydroxylation sites is 2. The zero-order valence-electron chi connectivity index (χ0n) is 30.2. The summed E-state index contributed by atoms with van der Waals surface area (Å²) in [5.41, 5.74) is 12.2. The van der Waals surface area contributed by atoms with Gasteiger partial charge in [-0.15, -0.1) is 0 Å². The summed E-state index contributed by atoms with van der Waals surface area (Å²) in [6, 6.07) is 64.2. The van der Waals surface area contributed by atoms with Gasteiger partial charge in [-0.05, 0) is 85.2 Å². The van der Waals surface area contributed by atoms with E-state index in [1.54, 1.807) is 0 Å². The lowest BCUT2D eigenvalue weighted by Gasteiger charge is -2.40. The van der Waals surface area contributed by atoms with Crippen LogP contribution in [0.1, 0.15) is 31.4 Å². The largest absolute Gasteiger partial charge is 0.309 e. The van der Waals surface area contributed by atoms with Crippen molar-refractivity contribution in [1.82, 2.24) is 4.57 Å². The Morgan fingerprint density at radius 2 is 1.17 bits per heavy atom. The van der Waals surface area contributed by atoms with Crippen molar-refractivity contribution >= 4 is 45.4 Å². The van der Waals surface area contributed by atoms with E-state index < -0.39 is 8.07 Å². The van der Waals surface area contributed by atoms with Gasteiger partial charge in [-0.1, -0.05) is 184 Å². The lowest BCUT2D eigenvalue weighted by molar-refractivity contribution is 0.660. The topological polar surface area (TPSA) is 4.93 Å². The zero-order valence-corrected chi connectivity index (χ0v) is 31.2. The lowest BCUT2D eigenvalue weighted by atomic mass is 9.82. The van der Waals surface area contributed by atoms with E-state index >= 15 is 0 Å². The third-order valence-corrected chi connectivity index (χ3v) is 17.4. The van der Waals surface area contributed by atoms with Crippen LogP contribution in [0.5, 0.6) is 0 Å². The average Bonchev–Trinajstić information content (AvgIpc) is 3.68. The first-order valence-corrected chi connectivity index (χ1v) is 21.0. The molecule has 2 aliphatic carbocycles. The second-order valence-corrected chi connectivity index (χ2v) is 19.3. The molecule has 2 unspecified atom stereocenters. The first-order chi connectivity index (χ1) is 26.1. The van der Waals surface area contributed by atoms with E-state index in [4.69, 9.17) is 0 Å². The minimum atomic E-state index is -2.67. The van der Waals surface area contributed by atoms with Crippen molar-refractivity contribution in [2.75, 3.05) is 0 Å². The van der Waals surface area contributed by atoms with E-state index in [0.29, 0.717) is 5.54 Å². The predicted octanol–water partition coefficient (Wildman–Crippen LogP) is 11.1. The van der Waals surface area contributed by atoms with Crippen LogP contribution in [0.15, 0.2) is 194 Å². The summed E-state index contributed by atoms with van der Waals surface area (Å²) < 4.78 is 2.43. The Kier molecular flexibility index (Phi) is 7.38. The second-order valence-electron chi connectivity index (χ2n) is 15.2. The monoisotopic (exact) mass is 695 g/mol. The van der Waals surface area contributed by atoms with Crippen LogP contribution in [0.3, 0.4) is 0 Å². The molecule has 0 radical (unpaired) electrons. The van der Waals surface area contributed by atoms with E-state index in [-0.39, 0.29) is 5.41 Å². The molecule has 0 saturated carbocycles. The Balaban J connectivity index is 1.21. The molecule has 0 bridgehead atoms. The van der Waals surface area contributed by atoms with Crippen molar-refractivity contribution in [2.45, 2.75) is 31.2 Å². The highest BCUT2D eigenvalue weighted by atomic mass is 28.3. The first kappa shape index (κ1) is 31.7. The molecule has 2 atom stereocenters. The van der Waals surface area contributed by atoms with Crippen LogP contribution >= 0.6 is 0 Å². The Labute approximate surface area is 313 Å². The van der Waals surface area contributed by atoms with Crippen LogP contribution in [-0.2, 0) is 5.41 Å². The van der Waals surface area contributed by atoms with Crippen LogP contribution < -0.4 is 15.6 Å². The molecule has 254 valence electrons. The number of hydrogen-bond donors (Lipinski definition) is 0. The third-order valence-electron chi connectivity index (χ3n) is 12.2. The Morgan fingerprint density at radius 1 is 0.528 bits per heavy atom. The van der Waals surface area contributed by atoms with E-state index in [1.165, 1.54) is 76.4 Å². The maximum absolute atomic E-state index is 2.67. The van der Waals surface area contributed by atoms with Gasteiger partial charge in [0, 0.05) is 21.9 Å². The van der Waals surface area contributed by atoms with Crippen LogP contribution in [-0.4, -0.2) is 12.6 Å². The highest BCUT2D eigenvalue weighted by Crippen LogP contribution is 2.52. The molecule has 2 heteroatoms. The molecule has 0 spiro atoms. The number of aromatic nitrogens is 1. The van der Waals surface area contributed by atoms with Gasteiger partial charge in [0.1, 0.15) is 0 Å². The molecule has 1 nitrogen and oxygen atoms in total. The van der Waals surface area contributed by atoms with Crippen molar-refractivity contribution in [2.24, 2.45) is 0 Å². The van der Waals surface area contributed by atoms with Gasteiger partial charge in [0.15, 0.2) is 8.07 Å². The lowest BCUT2D eigenvalue weighted by Crippen LogP contribution is -2.69. The average molecular weight is 696 g/mol. The fraction of sp³-hybridized carbons (Fsp3) is 0.0980. The maximum atomic E-state index is 2.56. The van der Waals surface area contributed by atoms with Gasteiger partial charge in [0.05, 0.1) is 11.0 Å². The van der Waals surface area contributed by atoms with E-state index in [2.05, 4.69) is 213 Å². The number of allylic oxidation sites excluding steroid dienone is 4. The molecular weight excluding hydrogens is 655 g/mol. The number of hydrogen-bond acceptors (Lipinski definition) is 0. The Morgan fingerprint density at radius 3 is 1.96 bits per heavy atom. The maximum Gasteiger partial charge on any atom is 0.155 e. The van der Waals surface area contributed by atoms with Gasteiger partial charge >= 0.3 is 0 Å². The fourth-order valence-corrected chi connectivity index (χ4v) is 15.0. The third kappa shape index (κ3) is 4.75. The second kappa shape index (κ2) is 12.3. The molecule has 8 aromatic rings. The highest BCUT2D eigenvalue weighted by molar-refractivity contribution is 7.12. The van der Waals surface area contributed by atoms with E-state index in [1.807, 2.05) is 0 Å². The summed E-state index contributed by atoms with van der Waals surface area (Å²) >= 11 is 0. The molecule has 0 saturated heterocycles. The number of fused-ring (bicyclic) bond motifs is 6. The standard InChI is InChI=1S/C51H41NSi/c1-51(2)46-26-14-12-24-44(46)50-42(25-16-27-47(50)51)36-29-31-40(32-30-36)53(38-19-8-4-9-20-38,39-21-10-5-11-22-39)41-33-34-49-45(35-41)43-23-13-15-28-48(43)52(49)37-17-6-3-7-18-37/h3-21,23-35,39H,22H2,1-2H3. The molecule has 0 amide bonds. The SMILES string of the molecule is CC1(C)c2ccccc2-c2c(-c3ccc([Si](c4ccccc4)(c4ccc5c(c4)c4ccccc4n5-c4ccccc4)C4C=CC=CC4)cc3)cccc21. The Bertz CT molecular complexity index is 2710. The zero-order chi connectivity index (χ0) is 35.6. The van der Waals surface area contributed by atoms with Crippen molar-refractivity contribution in [3.05, 3.63) is 205 Å². The van der Waals surface area contributed by atoms with Gasteiger partial charge in [-0.3, -0.25) is 0 Å². The molecule has 10 rings (SSSR count). The normalized spacial score (nSPS) is 16.8. The molecule has 53 heavy (non-hydrogen) atoms. The highest BCUT2D eigenvalue weighted by Gasteiger charge is 2.45. The quantitative estimate of drug-likeness (QED) is 0.121. The predicted molar refractivity (Wildman–Crippen MR) is 228 cm³/mol. The molecule has 0 N–H and O–H groups in total. The van der Waals surface area contributed by atoms with Crippen molar-refractivity contribution in [3.63, 3.8) is 0 Å². The van der Waals surface area contributed by atoms with Crippen molar-refractivity contribution in [3.8, 4) is 27.9 Å². The molecule has 0 fully saturated rings. The van der Waals surface area contributed by atoms with Crippen LogP contribution in [0.25, 0.3) is 49.7 Å². The first-order valence-electron chi connectivity index (χ1n) is 18.9. The Hall–Kier alpha value is -5.96. The number of nitrogens with zero attached hydrogens (tertiary/aromatic N) is 1. The molecule has 1 heterocycles. The summed E-state index contributed by atoms with van der Waals surface area (Å²) in [4.78, 5) is 0. The van der Waals surface area contributed by atoms with Crippen LogP contribution in [0, 0.1) is 0 Å². The van der Waals surface area contributed by atoms with Gasteiger partial charge < -0.3 is 4.57 Å². The molecular formula is C51H41NSi. The van der Waals surface area contributed by atoms with Crippen molar-refractivity contribution in [1.29, 1.82) is 0 Å². The smallest absolute Gasteiger partial charge is 0.155 e. The fourth-order valence-electron chi connectivity index (χ4n) is 9.73. The molecule has 2 aliphatic rings. The number of rotatable bonds is 6. The van der Waals surface area contributed by atoms with Crippen molar-refractivity contribution < 1.29 is 0 Å². The summed E-state index contributed by atoms with van der Waals surface area (Å²) in [6.45, 7) is 4.73. The summed E-state index contributed by atoms with van der Waals surface area (Å²) in [5, 5.41) is 6.93. The molecule has 7 aromatic carbocycles. The molecule has 0 aliphatic heterocycles. The van der Waals surface area contributed by atoms with E-state index in [0.717, 1.165) is 6.42 Å². The molecule has 1 aromatic heterocycles. The summed E-state index contributed by atoms with van der Waals surface area (Å²) in [7, 11) is -2.67. The summed E-state index contributed by atoms with van der Waals surface area (Å²) in [6.07, 6.45) is 10.4. The van der Waals surface area contributed by atoms with Gasteiger partial charge in [0.2, 0.25) is 0 Å².